The molecule has 0 bridgehead atoms. The number of fused-ring (bicyclic) bond motifs is 22. The van der Waals surface area contributed by atoms with E-state index in [1.54, 1.807) is 0 Å². The lowest BCUT2D eigenvalue weighted by Crippen LogP contribution is -2.55. The quantitative estimate of drug-likeness (QED) is 0.164. The molecule has 6 heteroatoms. The van der Waals surface area contributed by atoms with Crippen molar-refractivity contribution in [2.24, 2.45) is 0 Å². The molecule has 412 valence electrons. The van der Waals surface area contributed by atoms with E-state index >= 15 is 0 Å². The van der Waals surface area contributed by atoms with E-state index in [2.05, 4.69) is 305 Å². The highest BCUT2D eigenvalue weighted by Gasteiger charge is 2.55. The summed E-state index contributed by atoms with van der Waals surface area (Å²) in [4.78, 5) is 0. The van der Waals surface area contributed by atoms with Gasteiger partial charge in [0, 0.05) is 44.0 Å². The lowest BCUT2D eigenvalue weighted by molar-refractivity contribution is 0.488. The summed E-state index contributed by atoms with van der Waals surface area (Å²) in [5.41, 5.74) is 25.2. The van der Waals surface area contributed by atoms with Crippen molar-refractivity contribution in [2.45, 2.75) is 57.8 Å². The van der Waals surface area contributed by atoms with Gasteiger partial charge in [0.05, 0.1) is 27.5 Å². The molecule has 2 aliphatic heterocycles. The Morgan fingerprint density at radius 2 is 0.701 bits per heavy atom. The Hall–Kier alpha value is -10.0. The van der Waals surface area contributed by atoms with Crippen LogP contribution in [0.3, 0.4) is 0 Å². The van der Waals surface area contributed by atoms with Crippen LogP contribution < -0.4 is 42.3 Å². The highest BCUT2D eigenvalue weighted by Crippen LogP contribution is 2.66. The van der Waals surface area contributed by atoms with Crippen LogP contribution in [-0.4, -0.2) is 22.6 Å². The van der Waals surface area contributed by atoms with Gasteiger partial charge in [-0.15, -0.1) is 0 Å². The molecule has 0 N–H and O–H groups in total. The van der Waals surface area contributed by atoms with Crippen molar-refractivity contribution < 1.29 is 9.47 Å². The largest absolute Gasteiger partial charge is 0.458 e. The highest BCUT2D eigenvalue weighted by atomic mass is 16.5. The third kappa shape index (κ3) is 6.98. The van der Waals surface area contributed by atoms with Crippen LogP contribution in [0.2, 0.25) is 0 Å². The van der Waals surface area contributed by atoms with Crippen LogP contribution in [0.25, 0.3) is 77.2 Å². The standard InChI is InChI=1S/C81H60B2N2O2/c1-79(2,3)49-33-43-71-57(45-49)58-46-50(80(4,5)6)34-44-72(58)85(71)54-36-38-62-60(48-54)76-64(40-42-68-78(76)87-74-32-20-16-28-66(74)83(68)52-23-11-8-12-24-52)81(62)61-37-35-53(84-69-29-17-13-25-55(69)56-26-14-18-30-70(56)84)47-59(61)75-63(81)39-41-67-77(75)86-73-31-19-15-27-65(73)82(67)51-21-9-7-10-22-51/h7-48H,1-6H3. The summed E-state index contributed by atoms with van der Waals surface area (Å²) < 4.78 is 20.1. The van der Waals surface area contributed by atoms with Gasteiger partial charge in [-0.2, -0.15) is 0 Å². The number of ether oxygens (including phenoxy) is 2. The van der Waals surface area contributed by atoms with Crippen LogP contribution in [0.15, 0.2) is 255 Å². The zero-order valence-corrected chi connectivity index (χ0v) is 49.6. The molecule has 18 rings (SSSR count). The summed E-state index contributed by atoms with van der Waals surface area (Å²) in [7, 11) is 0. The molecule has 1 spiro atoms. The van der Waals surface area contributed by atoms with Crippen LogP contribution >= 0.6 is 0 Å². The molecule has 14 aromatic rings. The second kappa shape index (κ2) is 18.0. The van der Waals surface area contributed by atoms with E-state index in [0.29, 0.717) is 0 Å². The minimum atomic E-state index is -0.799. The fraction of sp³-hybridized carbons (Fsp3) is 0.111. The topological polar surface area (TPSA) is 28.3 Å². The molecule has 2 aliphatic carbocycles. The van der Waals surface area contributed by atoms with E-state index in [0.717, 1.165) is 67.6 Å². The third-order valence-corrected chi connectivity index (χ3v) is 19.9. The second-order valence-corrected chi connectivity index (χ2v) is 26.7. The van der Waals surface area contributed by atoms with Gasteiger partial charge in [0.15, 0.2) is 0 Å². The molecule has 0 radical (unpaired) electrons. The summed E-state index contributed by atoms with van der Waals surface area (Å²) >= 11 is 0. The molecule has 4 heterocycles. The Bertz CT molecular complexity index is 5150. The van der Waals surface area contributed by atoms with Gasteiger partial charge < -0.3 is 18.6 Å². The number of aromatic nitrogens is 2. The maximum atomic E-state index is 7.58. The van der Waals surface area contributed by atoms with E-state index in [4.69, 9.17) is 9.47 Å². The molecule has 1 unspecified atom stereocenters. The Kier molecular flexibility index (Phi) is 10.4. The average Bonchev–Trinajstić information content (AvgIpc) is 1.50. The van der Waals surface area contributed by atoms with E-state index < -0.39 is 5.41 Å². The first-order chi connectivity index (χ1) is 42.4. The van der Waals surface area contributed by atoms with Gasteiger partial charge in [-0.25, -0.2) is 0 Å². The predicted octanol–water partition coefficient (Wildman–Crippen LogP) is 16.1. The molecule has 0 fully saturated rings. The number of rotatable bonds is 4. The molecule has 4 nitrogen and oxygen atoms in total. The van der Waals surface area contributed by atoms with Crippen molar-refractivity contribution in [3.63, 3.8) is 0 Å². The lowest BCUT2D eigenvalue weighted by atomic mass is 9.35. The van der Waals surface area contributed by atoms with Crippen LogP contribution in [-0.2, 0) is 16.2 Å². The Balaban J connectivity index is 0.965. The van der Waals surface area contributed by atoms with Crippen LogP contribution in [0, 0.1) is 0 Å². The fourth-order valence-electron chi connectivity index (χ4n) is 15.9. The van der Waals surface area contributed by atoms with Crippen molar-refractivity contribution in [1.82, 2.24) is 9.13 Å². The van der Waals surface area contributed by atoms with Gasteiger partial charge in [0.1, 0.15) is 23.0 Å². The molecule has 0 saturated heterocycles. The van der Waals surface area contributed by atoms with Gasteiger partial charge in [0.2, 0.25) is 0 Å². The fourth-order valence-corrected chi connectivity index (χ4v) is 15.9. The Morgan fingerprint density at radius 1 is 0.322 bits per heavy atom. The van der Waals surface area contributed by atoms with Crippen molar-refractivity contribution in [3.05, 3.63) is 288 Å². The Morgan fingerprint density at radius 3 is 1.14 bits per heavy atom. The van der Waals surface area contributed by atoms with E-state index in [1.807, 2.05) is 0 Å². The summed E-state index contributed by atoms with van der Waals surface area (Å²) in [6.07, 6.45) is 0. The van der Waals surface area contributed by atoms with Gasteiger partial charge >= 0.3 is 0 Å². The van der Waals surface area contributed by atoms with E-state index in [9.17, 15) is 0 Å². The average molecular weight is 1120 g/mol. The molecule has 4 aliphatic rings. The first kappa shape index (κ1) is 50.3. The van der Waals surface area contributed by atoms with Crippen molar-refractivity contribution in [2.75, 3.05) is 0 Å². The third-order valence-electron chi connectivity index (χ3n) is 19.9. The smallest absolute Gasteiger partial charge is 0.250 e. The van der Waals surface area contributed by atoms with Crippen LogP contribution in [0.5, 0.6) is 23.0 Å². The van der Waals surface area contributed by atoms with Gasteiger partial charge in [-0.05, 0) is 150 Å². The molecule has 1 atom stereocenters. The van der Waals surface area contributed by atoms with Gasteiger partial charge in [0.25, 0.3) is 13.4 Å². The van der Waals surface area contributed by atoms with Gasteiger partial charge in [-0.3, -0.25) is 0 Å². The Labute approximate surface area is 508 Å². The maximum absolute atomic E-state index is 7.58. The first-order valence-corrected chi connectivity index (χ1v) is 30.8. The van der Waals surface area contributed by atoms with E-state index in [-0.39, 0.29) is 24.3 Å². The zero-order valence-electron chi connectivity index (χ0n) is 49.6. The summed E-state index contributed by atoms with van der Waals surface area (Å²) in [6, 6.07) is 95.7. The zero-order chi connectivity index (χ0) is 58.2. The molecule has 0 saturated carbocycles. The number of para-hydroxylation sites is 4. The first-order valence-electron chi connectivity index (χ1n) is 30.8. The summed E-state index contributed by atoms with van der Waals surface area (Å²) in [5.74, 6) is 3.58. The van der Waals surface area contributed by atoms with E-state index in [1.165, 1.54) is 98.8 Å². The molecule has 12 aromatic carbocycles. The minimum Gasteiger partial charge on any atom is -0.458 e. The van der Waals surface area contributed by atoms with Crippen LogP contribution in [0.4, 0.5) is 0 Å². The monoisotopic (exact) mass is 1110 g/mol. The molecule has 0 amide bonds. The molecule has 87 heavy (non-hydrogen) atoms. The minimum absolute atomic E-state index is 0.0284. The SMILES string of the molecule is CC(C)(C)c1ccc2c(c1)c1cc(C(C)(C)C)ccc1n2-c1ccc2c(c1)-c1c(ccc3c1Oc1ccccc1B3c1ccccc1)C21c2ccc(-n3c4ccccc4c4ccccc43)cc2-c2c1ccc1c2Oc2ccccc2B1c1ccccc1. The van der Waals surface area contributed by atoms with Crippen molar-refractivity contribution >= 4 is 89.8 Å². The summed E-state index contributed by atoms with van der Waals surface area (Å²) in [5, 5.41) is 5.00. The second-order valence-electron chi connectivity index (χ2n) is 26.7. The van der Waals surface area contributed by atoms with Crippen molar-refractivity contribution in [3.8, 4) is 56.6 Å². The summed E-state index contributed by atoms with van der Waals surface area (Å²) in [6.45, 7) is 13.8. The van der Waals surface area contributed by atoms with Crippen molar-refractivity contribution in [1.29, 1.82) is 0 Å². The maximum Gasteiger partial charge on any atom is 0.250 e. The predicted molar refractivity (Wildman–Crippen MR) is 364 cm³/mol. The highest BCUT2D eigenvalue weighted by molar-refractivity contribution is 6.97. The van der Waals surface area contributed by atoms with Gasteiger partial charge in [-0.1, -0.05) is 234 Å². The number of hydrogen-bond donors (Lipinski definition) is 0. The number of benzene rings is 12. The lowest BCUT2D eigenvalue weighted by Gasteiger charge is -2.33. The molecular formula is C81H60B2N2O2. The van der Waals surface area contributed by atoms with Crippen LogP contribution in [0.1, 0.15) is 74.9 Å². The number of nitrogens with zero attached hydrogens (tertiary/aromatic N) is 2. The normalized spacial score (nSPS) is 15.2. The number of hydrogen-bond acceptors (Lipinski definition) is 2. The molecule has 2 aromatic heterocycles. The molecular weight excluding hydrogens is 1050 g/mol.